The first-order chi connectivity index (χ1) is 17.8. The molecule has 2 aliphatic heterocycles. The first-order valence-electron chi connectivity index (χ1n) is 11.0. The van der Waals surface area contributed by atoms with Crippen molar-refractivity contribution in [3.63, 3.8) is 0 Å². The van der Waals surface area contributed by atoms with Crippen molar-refractivity contribution >= 4 is 69.8 Å². The van der Waals surface area contributed by atoms with Gasteiger partial charge in [-0.05, 0) is 42.5 Å². The number of anilines is 1. The number of rotatable bonds is 10. The maximum absolute atomic E-state index is 13.0. The first-order valence-corrected chi connectivity index (χ1v) is 13.9. The van der Waals surface area contributed by atoms with Gasteiger partial charge in [0.15, 0.2) is 5.13 Å². The molecule has 2 aromatic heterocycles. The van der Waals surface area contributed by atoms with Crippen LogP contribution >= 0.6 is 35.1 Å². The number of carbonyl (C=O) groups is 3. The molecule has 0 aliphatic carbocycles. The quantitative estimate of drug-likeness (QED) is 0.219. The molecule has 12 nitrogen and oxygen atoms in total. The van der Waals surface area contributed by atoms with Gasteiger partial charge in [-0.25, -0.2) is 4.79 Å². The number of aromatic nitrogens is 3. The Hall–Kier alpha value is -3.43. The number of nitrogen functional groups attached to an aromatic ring is 1. The number of fused-ring (bicyclic) bond motifs is 1. The highest BCUT2D eigenvalue weighted by Gasteiger charge is 2.54. The van der Waals surface area contributed by atoms with Crippen molar-refractivity contribution in [2.75, 3.05) is 23.8 Å². The van der Waals surface area contributed by atoms with E-state index in [1.165, 1.54) is 28.4 Å². The lowest BCUT2D eigenvalue weighted by molar-refractivity contribution is -0.150. The number of pyridine rings is 1. The number of β-lactam (4-membered cyclic amide) rings is 1. The summed E-state index contributed by atoms with van der Waals surface area (Å²) in [5.41, 5.74) is 7.83. The van der Waals surface area contributed by atoms with Gasteiger partial charge in [-0.2, -0.15) is 9.36 Å². The van der Waals surface area contributed by atoms with Gasteiger partial charge in [-0.1, -0.05) is 11.2 Å². The molecule has 0 bridgehead atoms. The number of carboxylic acid groups (broad SMARTS) is 1. The third-order valence-corrected chi connectivity index (χ3v) is 7.96. The van der Waals surface area contributed by atoms with Gasteiger partial charge in [-0.15, -0.1) is 23.5 Å². The Kier molecular flexibility index (Phi) is 8.45. The number of oxime groups is 1. The molecule has 1 saturated heterocycles. The van der Waals surface area contributed by atoms with Crippen LogP contribution in [-0.4, -0.2) is 77.4 Å². The van der Waals surface area contributed by atoms with E-state index in [1.807, 2.05) is 30.5 Å². The minimum Gasteiger partial charge on any atom is -0.477 e. The second kappa shape index (κ2) is 11.7. The van der Waals surface area contributed by atoms with Crippen LogP contribution in [0.1, 0.15) is 24.0 Å². The van der Waals surface area contributed by atoms with Crippen molar-refractivity contribution in [1.82, 2.24) is 24.6 Å². The van der Waals surface area contributed by atoms with Crippen LogP contribution < -0.4 is 11.1 Å². The Balaban J connectivity index is 1.44. The van der Waals surface area contributed by atoms with Crippen molar-refractivity contribution < 1.29 is 24.3 Å². The topological polar surface area (TPSA) is 173 Å². The monoisotopic (exact) mass is 561 g/mol. The summed E-state index contributed by atoms with van der Waals surface area (Å²) < 4.78 is 3.98. The van der Waals surface area contributed by atoms with E-state index in [1.54, 1.807) is 13.1 Å². The second-order valence-corrected chi connectivity index (χ2v) is 10.6. The van der Waals surface area contributed by atoms with Crippen LogP contribution in [0.25, 0.3) is 6.08 Å². The smallest absolute Gasteiger partial charge is 0.352 e. The Morgan fingerprint density at radius 3 is 2.89 bits per heavy atom. The fourth-order valence-corrected chi connectivity index (χ4v) is 6.20. The Morgan fingerprint density at radius 2 is 2.24 bits per heavy atom. The highest BCUT2D eigenvalue weighted by atomic mass is 32.2. The van der Waals surface area contributed by atoms with Gasteiger partial charge in [-0.3, -0.25) is 19.5 Å². The van der Waals surface area contributed by atoms with Gasteiger partial charge < -0.3 is 21.0 Å². The molecule has 15 heteroatoms. The van der Waals surface area contributed by atoms with Crippen molar-refractivity contribution in [3.05, 3.63) is 52.1 Å². The summed E-state index contributed by atoms with van der Waals surface area (Å²) in [7, 11) is 0. The van der Waals surface area contributed by atoms with E-state index in [4.69, 9.17) is 10.6 Å². The summed E-state index contributed by atoms with van der Waals surface area (Å²) >= 11 is 3.70. The van der Waals surface area contributed by atoms with E-state index in [0.29, 0.717) is 17.1 Å². The highest BCUT2D eigenvalue weighted by Crippen LogP contribution is 2.41. The number of nitrogens with two attached hydrogens (primary N) is 1. The van der Waals surface area contributed by atoms with E-state index in [0.717, 1.165) is 22.8 Å². The molecular formula is C22H23N7O5S3. The van der Waals surface area contributed by atoms with Crippen molar-refractivity contribution in [1.29, 1.82) is 0 Å². The van der Waals surface area contributed by atoms with Gasteiger partial charge in [0.05, 0.1) is 0 Å². The number of amides is 2. The highest BCUT2D eigenvalue weighted by molar-refractivity contribution is 8.02. The zero-order valence-electron chi connectivity index (χ0n) is 19.8. The zero-order valence-corrected chi connectivity index (χ0v) is 22.2. The number of carboxylic acids is 1. The Bertz CT molecular complexity index is 1290. The van der Waals surface area contributed by atoms with Crippen LogP contribution in [-0.2, 0) is 19.2 Å². The van der Waals surface area contributed by atoms with E-state index in [2.05, 4.69) is 24.8 Å². The third-order valence-electron chi connectivity index (χ3n) is 5.24. The maximum Gasteiger partial charge on any atom is 0.352 e. The second-order valence-electron chi connectivity index (χ2n) is 7.78. The molecule has 37 heavy (non-hydrogen) atoms. The van der Waals surface area contributed by atoms with Crippen molar-refractivity contribution in [2.24, 2.45) is 5.16 Å². The summed E-state index contributed by atoms with van der Waals surface area (Å²) in [6.45, 7) is 3.81. The van der Waals surface area contributed by atoms with E-state index in [9.17, 15) is 19.5 Å². The van der Waals surface area contributed by atoms with Crippen LogP contribution in [0.3, 0.4) is 0 Å². The molecule has 194 valence electrons. The number of nitrogens with zero attached hydrogens (tertiary/aromatic N) is 5. The molecule has 0 aromatic carbocycles. The predicted octanol–water partition coefficient (Wildman–Crippen LogP) is 1.71. The maximum atomic E-state index is 13.0. The fourth-order valence-electron chi connectivity index (χ4n) is 3.50. The molecule has 2 unspecified atom stereocenters. The molecule has 0 saturated carbocycles. The molecular weight excluding hydrogens is 538 g/mol. The number of nitrogens with one attached hydrogen (secondary N) is 1. The number of aliphatic carboxylic acids is 1. The Labute approximate surface area is 224 Å². The largest absolute Gasteiger partial charge is 0.477 e. The summed E-state index contributed by atoms with van der Waals surface area (Å²) in [6, 6.07) is 2.92. The normalized spacial score (nSPS) is 19.6. The van der Waals surface area contributed by atoms with Crippen molar-refractivity contribution in [2.45, 2.75) is 25.3 Å². The molecule has 4 heterocycles. The number of aryl methyl sites for hydroxylation is 1. The molecule has 0 spiro atoms. The SMILES string of the molecule is CCO/N=C(/C(=O)NC1C(=O)N2C(C(=O)O)=C(CS/C=C\c3ccc(C)nc3)CSC12)c1nsc(N)n1. The van der Waals surface area contributed by atoms with Crippen LogP contribution in [0, 0.1) is 6.92 Å². The van der Waals surface area contributed by atoms with Crippen LogP contribution in [0.4, 0.5) is 5.13 Å². The first kappa shape index (κ1) is 26.6. The lowest BCUT2D eigenvalue weighted by Crippen LogP contribution is -2.71. The summed E-state index contributed by atoms with van der Waals surface area (Å²) in [4.78, 5) is 52.4. The van der Waals surface area contributed by atoms with E-state index >= 15 is 0 Å². The van der Waals surface area contributed by atoms with Crippen LogP contribution in [0.2, 0.25) is 0 Å². The van der Waals surface area contributed by atoms with Gasteiger partial charge >= 0.3 is 5.97 Å². The summed E-state index contributed by atoms with van der Waals surface area (Å²) in [5, 5.41) is 17.7. The average molecular weight is 562 g/mol. The standard InChI is InChI=1S/C22H23N7O5S3/c1-3-34-27-14(17-26-22(23)37-28-17)18(30)25-15-19(31)29-16(21(32)33)13(10-36-20(15)29)9-35-7-6-12-5-4-11(2)24-8-12/h4-8,15,20H,3,9-10H2,1-2H3,(H,25,30)(H,32,33)(H2,23,26,28)/b7-6-,27-14+. The van der Waals surface area contributed by atoms with Crippen molar-refractivity contribution in [3.8, 4) is 0 Å². The minimum absolute atomic E-state index is 0.0201. The number of thioether (sulfide) groups is 2. The summed E-state index contributed by atoms with van der Waals surface area (Å²) in [5.74, 6) is -1.64. The van der Waals surface area contributed by atoms with Gasteiger partial charge in [0.2, 0.25) is 11.5 Å². The fraction of sp³-hybridized carbons (Fsp3) is 0.318. The number of hydrogen-bond acceptors (Lipinski definition) is 12. The average Bonchev–Trinajstić information content (AvgIpc) is 3.31. The molecule has 2 aromatic rings. The molecule has 4 N–H and O–H groups in total. The van der Waals surface area contributed by atoms with E-state index in [-0.39, 0.29) is 29.0 Å². The number of carbonyl (C=O) groups excluding carboxylic acids is 2. The summed E-state index contributed by atoms with van der Waals surface area (Å²) in [6.07, 6.45) is 3.65. The number of hydrogen-bond donors (Lipinski definition) is 3. The van der Waals surface area contributed by atoms with Crippen LogP contribution in [0.5, 0.6) is 0 Å². The van der Waals surface area contributed by atoms with Gasteiger partial charge in [0.1, 0.15) is 23.7 Å². The zero-order chi connectivity index (χ0) is 26.5. The molecule has 4 rings (SSSR count). The van der Waals surface area contributed by atoms with Gasteiger partial charge in [0, 0.05) is 34.9 Å². The minimum atomic E-state index is -1.19. The molecule has 2 atom stereocenters. The molecule has 1 fully saturated rings. The van der Waals surface area contributed by atoms with Gasteiger partial charge in [0.25, 0.3) is 11.8 Å². The molecule has 2 aliphatic rings. The van der Waals surface area contributed by atoms with Crippen LogP contribution in [0.15, 0.2) is 40.2 Å². The lowest BCUT2D eigenvalue weighted by atomic mass is 10.0. The molecule has 2 amide bonds. The molecule has 0 radical (unpaired) electrons. The Morgan fingerprint density at radius 1 is 1.43 bits per heavy atom. The van der Waals surface area contributed by atoms with E-state index < -0.39 is 29.2 Å². The lowest BCUT2D eigenvalue weighted by Gasteiger charge is -2.49. The third kappa shape index (κ3) is 5.94. The predicted molar refractivity (Wildman–Crippen MR) is 143 cm³/mol.